The molecule has 29 heavy (non-hydrogen) atoms. The molecule has 0 saturated carbocycles. The van der Waals surface area contributed by atoms with Gasteiger partial charge in [-0.15, -0.1) is 0 Å². The molecule has 6 heteroatoms. The number of aldehydes is 1. The number of carbonyl (C=O) groups excluding carboxylic acids is 1. The van der Waals surface area contributed by atoms with Crippen molar-refractivity contribution in [1.82, 2.24) is 0 Å². The Labute approximate surface area is 163 Å². The number of carbonyl (C=O) groups is 2. The van der Waals surface area contributed by atoms with Crippen molar-refractivity contribution in [2.75, 3.05) is 0 Å². The number of hydrogen-bond acceptors (Lipinski definition) is 5. The molecular weight excluding hydrogens is 372 g/mol. The van der Waals surface area contributed by atoms with Crippen LogP contribution in [0.5, 0.6) is 0 Å². The molecule has 2 aliphatic rings. The molecule has 2 aromatic rings. The Kier molecular flexibility index (Phi) is 4.24. The van der Waals surface area contributed by atoms with E-state index in [2.05, 4.69) is 6.58 Å². The van der Waals surface area contributed by atoms with Crippen LogP contribution in [0.4, 0.5) is 0 Å². The van der Waals surface area contributed by atoms with Crippen molar-refractivity contribution in [1.29, 1.82) is 0 Å². The van der Waals surface area contributed by atoms with Crippen LogP contribution in [0, 0.1) is 0 Å². The molecule has 0 amide bonds. The molecule has 2 N–H and O–H groups in total. The summed E-state index contributed by atoms with van der Waals surface area (Å²) in [5, 5.41) is 20.6. The first kappa shape index (κ1) is 18.2. The highest BCUT2D eigenvalue weighted by molar-refractivity contribution is 6.08. The molecule has 0 spiro atoms. The fraction of sp³-hybridized carbons (Fsp3) is 0. The second kappa shape index (κ2) is 6.76. The molecular formula is C23H14O6. The zero-order chi connectivity index (χ0) is 20.7. The molecule has 0 radical (unpaired) electrons. The molecule has 4 rings (SSSR count). The summed E-state index contributed by atoms with van der Waals surface area (Å²) in [6.45, 7) is 3.85. The third kappa shape index (κ3) is 2.70. The number of carboxylic acid groups (broad SMARTS) is 1. The van der Waals surface area contributed by atoms with Gasteiger partial charge in [0.25, 0.3) is 0 Å². The molecule has 6 nitrogen and oxygen atoms in total. The van der Waals surface area contributed by atoms with Gasteiger partial charge in [-0.05, 0) is 35.0 Å². The predicted octanol–water partition coefficient (Wildman–Crippen LogP) is 2.78. The van der Waals surface area contributed by atoms with E-state index in [1.54, 1.807) is 30.3 Å². The standard InChI is InChI=1S/C23H14O6/c1-12-6-7-15-20(13-4-2-3-5-14(13)23(27)28)16-8-9-19(26)18(11-25)22(16)29-21(15)17(12)10-24/h2-11,24H,1H2,(H,27,28). The van der Waals surface area contributed by atoms with E-state index in [-0.39, 0.29) is 27.7 Å². The number of rotatable bonds is 3. The van der Waals surface area contributed by atoms with Gasteiger partial charge in [-0.25, -0.2) is 4.79 Å². The van der Waals surface area contributed by atoms with Crippen LogP contribution in [-0.4, -0.2) is 22.5 Å². The average Bonchev–Trinajstić information content (AvgIpc) is 2.72. The first-order valence-electron chi connectivity index (χ1n) is 8.61. The number of benzene rings is 3. The first-order chi connectivity index (χ1) is 14.0. The summed E-state index contributed by atoms with van der Waals surface area (Å²) < 4.78 is 5.90. The Morgan fingerprint density at radius 1 is 1.03 bits per heavy atom. The minimum Gasteiger partial charge on any atom is -0.515 e. The van der Waals surface area contributed by atoms with Crippen molar-refractivity contribution in [3.05, 3.63) is 80.3 Å². The van der Waals surface area contributed by atoms with Crippen molar-refractivity contribution in [3.8, 4) is 22.5 Å². The normalized spacial score (nSPS) is 11.8. The molecule has 0 bridgehead atoms. The lowest BCUT2D eigenvalue weighted by Gasteiger charge is -2.17. The van der Waals surface area contributed by atoms with Crippen molar-refractivity contribution in [2.24, 2.45) is 0 Å². The largest absolute Gasteiger partial charge is 0.515 e. The monoisotopic (exact) mass is 386 g/mol. The Balaban J connectivity index is 2.36. The molecule has 0 fully saturated rings. The fourth-order valence-electron chi connectivity index (χ4n) is 3.51. The Bertz CT molecular complexity index is 1450. The molecule has 0 saturated heterocycles. The zero-order valence-electron chi connectivity index (χ0n) is 15.0. The number of hydrogen-bond donors (Lipinski definition) is 2. The van der Waals surface area contributed by atoms with E-state index >= 15 is 0 Å². The fourth-order valence-corrected chi connectivity index (χ4v) is 3.51. The van der Waals surface area contributed by atoms with Crippen LogP contribution < -0.4 is 15.9 Å². The van der Waals surface area contributed by atoms with Crippen molar-refractivity contribution >= 4 is 36.1 Å². The summed E-state index contributed by atoms with van der Waals surface area (Å²) in [6.07, 6.45) is 1.23. The Hall–Kier alpha value is -4.19. The van der Waals surface area contributed by atoms with E-state index in [9.17, 15) is 24.6 Å². The predicted molar refractivity (Wildman–Crippen MR) is 109 cm³/mol. The van der Waals surface area contributed by atoms with Crippen LogP contribution in [0.3, 0.4) is 0 Å². The maximum Gasteiger partial charge on any atom is 0.336 e. The minimum atomic E-state index is -1.12. The molecule has 142 valence electrons. The van der Waals surface area contributed by atoms with Crippen molar-refractivity contribution in [2.45, 2.75) is 0 Å². The second-order valence-corrected chi connectivity index (χ2v) is 6.44. The van der Waals surface area contributed by atoms with Gasteiger partial charge in [-0.2, -0.15) is 0 Å². The average molecular weight is 386 g/mol. The molecule has 0 aromatic heterocycles. The van der Waals surface area contributed by atoms with Crippen LogP contribution in [0.15, 0.2) is 57.7 Å². The second-order valence-electron chi connectivity index (χ2n) is 6.44. The molecule has 0 unspecified atom stereocenters. The zero-order valence-corrected chi connectivity index (χ0v) is 15.0. The van der Waals surface area contributed by atoms with E-state index in [1.807, 2.05) is 0 Å². The third-order valence-electron chi connectivity index (χ3n) is 4.86. The van der Waals surface area contributed by atoms with Crippen LogP contribution in [0.1, 0.15) is 20.7 Å². The molecule has 0 atom stereocenters. The van der Waals surface area contributed by atoms with Crippen molar-refractivity contribution in [3.63, 3.8) is 0 Å². The van der Waals surface area contributed by atoms with Gasteiger partial charge in [-0.3, -0.25) is 9.59 Å². The van der Waals surface area contributed by atoms with E-state index in [0.29, 0.717) is 33.6 Å². The van der Waals surface area contributed by atoms with Gasteiger partial charge < -0.3 is 14.6 Å². The van der Waals surface area contributed by atoms with E-state index in [4.69, 9.17) is 4.42 Å². The first-order valence-corrected chi connectivity index (χ1v) is 8.61. The number of aliphatic hydroxyl groups is 1. The number of aliphatic hydroxyl groups excluding tert-OH is 1. The van der Waals surface area contributed by atoms with Crippen molar-refractivity contribution < 1.29 is 24.2 Å². The number of aromatic carboxylic acids is 1. The minimum absolute atomic E-state index is 0.0175. The van der Waals surface area contributed by atoms with E-state index in [1.165, 1.54) is 18.2 Å². The molecule has 1 aliphatic carbocycles. The highest BCUT2D eigenvalue weighted by Crippen LogP contribution is 2.40. The van der Waals surface area contributed by atoms with Gasteiger partial charge in [-0.1, -0.05) is 30.8 Å². The van der Waals surface area contributed by atoms with Crippen LogP contribution in [-0.2, 0) is 0 Å². The maximum atomic E-state index is 12.2. The lowest BCUT2D eigenvalue weighted by atomic mass is 9.89. The summed E-state index contributed by atoms with van der Waals surface area (Å²) in [5.41, 5.74) is 0.816. The van der Waals surface area contributed by atoms with Gasteiger partial charge in [0.2, 0.25) is 0 Å². The smallest absolute Gasteiger partial charge is 0.336 e. The summed E-state index contributed by atoms with van der Waals surface area (Å²) >= 11 is 0. The number of fused-ring (bicyclic) bond motifs is 2. The lowest BCUT2D eigenvalue weighted by molar-refractivity contribution is 0.0697. The topological polar surface area (TPSA) is 105 Å². The van der Waals surface area contributed by atoms with Gasteiger partial charge in [0, 0.05) is 16.5 Å². The maximum absolute atomic E-state index is 12.2. The van der Waals surface area contributed by atoms with Gasteiger partial charge in [0.05, 0.1) is 17.0 Å². The summed E-state index contributed by atoms with van der Waals surface area (Å²) in [6, 6.07) is 12.5. The Morgan fingerprint density at radius 2 is 1.79 bits per heavy atom. The molecule has 2 aromatic carbocycles. The summed E-state index contributed by atoms with van der Waals surface area (Å²) in [4.78, 5) is 35.6. The molecule has 1 heterocycles. The third-order valence-corrected chi connectivity index (χ3v) is 4.86. The quantitative estimate of drug-likeness (QED) is 0.414. The van der Waals surface area contributed by atoms with Gasteiger partial charge >= 0.3 is 5.97 Å². The SMILES string of the molecule is C=c1ccc2c(-c3ccccc3C(=O)O)c3ccc(=O)c(C=O)c-3oc2c1=CO. The Morgan fingerprint density at radius 3 is 2.48 bits per heavy atom. The van der Waals surface area contributed by atoms with E-state index < -0.39 is 11.4 Å². The highest BCUT2D eigenvalue weighted by Gasteiger charge is 2.24. The number of carboxylic acids is 1. The summed E-state index contributed by atoms with van der Waals surface area (Å²) in [5.74, 6) is -1.11. The highest BCUT2D eigenvalue weighted by atomic mass is 16.4. The van der Waals surface area contributed by atoms with Crippen LogP contribution in [0.2, 0.25) is 0 Å². The summed E-state index contributed by atoms with van der Waals surface area (Å²) in [7, 11) is 0. The molecule has 1 aliphatic heterocycles. The van der Waals surface area contributed by atoms with Gasteiger partial charge in [0.15, 0.2) is 11.7 Å². The van der Waals surface area contributed by atoms with Crippen LogP contribution >= 0.6 is 0 Å². The van der Waals surface area contributed by atoms with Crippen LogP contribution in [0.25, 0.3) is 46.3 Å². The van der Waals surface area contributed by atoms with E-state index in [0.717, 1.165) is 6.26 Å². The lowest BCUT2D eigenvalue weighted by Crippen LogP contribution is -2.24. The van der Waals surface area contributed by atoms with Gasteiger partial charge in [0.1, 0.15) is 16.9 Å².